The highest BCUT2D eigenvalue weighted by Crippen LogP contribution is 2.52. The second kappa shape index (κ2) is 8.86. The summed E-state index contributed by atoms with van der Waals surface area (Å²) in [5.74, 6) is 0. The largest absolute Gasteiger partial charge is 0.0683 e. The standard InChI is InChI=1S/C31H22.2C2H6/c1-31(2)27-13-7-11-22-16-21-10-5-6-12-25(21)30(29(22)27)26-17-23-14-19-8-3-4-9-20(19)15-24(23)18-28(26)31;2*1-2/h3-18H,1-2H3;2*1-2H3. The Labute approximate surface area is 209 Å². The van der Waals surface area contributed by atoms with E-state index in [-0.39, 0.29) is 5.41 Å². The number of rotatable bonds is 0. The first kappa shape index (κ1) is 23.1. The Morgan fingerprint density at radius 2 is 1.00 bits per heavy atom. The third kappa shape index (κ3) is 3.43. The van der Waals surface area contributed by atoms with Crippen molar-refractivity contribution in [2.75, 3.05) is 0 Å². The highest BCUT2D eigenvalue weighted by atomic mass is 14.4. The van der Waals surface area contributed by atoms with Gasteiger partial charge in [0.2, 0.25) is 0 Å². The fourth-order valence-corrected chi connectivity index (χ4v) is 5.78. The highest BCUT2D eigenvalue weighted by Gasteiger charge is 2.34. The summed E-state index contributed by atoms with van der Waals surface area (Å²) in [6, 6.07) is 36.3. The molecule has 0 amide bonds. The molecule has 7 rings (SSSR count). The van der Waals surface area contributed by atoms with Gasteiger partial charge in [-0.25, -0.2) is 0 Å². The Morgan fingerprint density at radius 3 is 1.69 bits per heavy atom. The molecule has 0 unspecified atom stereocenters. The van der Waals surface area contributed by atoms with Crippen LogP contribution in [0.2, 0.25) is 0 Å². The first-order chi connectivity index (χ1) is 17.1. The summed E-state index contributed by atoms with van der Waals surface area (Å²) in [7, 11) is 0. The average Bonchev–Trinajstić information content (AvgIpc) is 2.91. The maximum absolute atomic E-state index is 2.45. The van der Waals surface area contributed by atoms with E-state index in [2.05, 4.69) is 111 Å². The summed E-state index contributed by atoms with van der Waals surface area (Å²) in [4.78, 5) is 0. The summed E-state index contributed by atoms with van der Waals surface area (Å²) in [5.41, 5.74) is 5.58. The van der Waals surface area contributed by atoms with E-state index in [0.29, 0.717) is 0 Å². The molecule has 0 saturated carbocycles. The molecule has 35 heavy (non-hydrogen) atoms. The number of hydrogen-bond donors (Lipinski definition) is 0. The molecule has 0 heterocycles. The van der Waals surface area contributed by atoms with Crippen molar-refractivity contribution in [3.05, 3.63) is 108 Å². The summed E-state index contributed by atoms with van der Waals surface area (Å²) in [5, 5.41) is 10.6. The van der Waals surface area contributed by atoms with Crippen molar-refractivity contribution in [1.82, 2.24) is 0 Å². The molecule has 0 N–H and O–H groups in total. The van der Waals surface area contributed by atoms with Gasteiger partial charge in [-0.05, 0) is 95.7 Å². The second-order valence-electron chi connectivity index (χ2n) is 9.45. The number of benzene rings is 6. The van der Waals surface area contributed by atoms with E-state index < -0.39 is 0 Å². The van der Waals surface area contributed by atoms with Crippen LogP contribution in [-0.2, 0) is 5.41 Å². The first-order valence-electron chi connectivity index (χ1n) is 13.0. The van der Waals surface area contributed by atoms with E-state index in [1.807, 2.05) is 27.7 Å². The zero-order valence-corrected chi connectivity index (χ0v) is 21.7. The maximum atomic E-state index is 2.45. The molecular weight excluding hydrogens is 420 g/mol. The molecule has 0 heteroatoms. The number of hydrogen-bond acceptors (Lipinski definition) is 0. The third-order valence-corrected chi connectivity index (χ3v) is 7.35. The van der Waals surface area contributed by atoms with Gasteiger partial charge in [0.25, 0.3) is 0 Å². The van der Waals surface area contributed by atoms with Gasteiger partial charge in [-0.2, -0.15) is 0 Å². The van der Waals surface area contributed by atoms with Gasteiger partial charge in [-0.3, -0.25) is 0 Å². The molecular formula is C35H34. The fourth-order valence-electron chi connectivity index (χ4n) is 5.78. The highest BCUT2D eigenvalue weighted by molar-refractivity contribution is 6.17. The van der Waals surface area contributed by atoms with Crippen LogP contribution in [0.4, 0.5) is 0 Å². The van der Waals surface area contributed by atoms with Crippen LogP contribution in [0.25, 0.3) is 54.2 Å². The lowest BCUT2D eigenvalue weighted by molar-refractivity contribution is 0.646. The lowest BCUT2D eigenvalue weighted by Crippen LogP contribution is -2.23. The predicted octanol–water partition coefficient (Wildman–Crippen LogP) is 10.7. The summed E-state index contributed by atoms with van der Waals surface area (Å²) in [6.45, 7) is 12.8. The van der Waals surface area contributed by atoms with E-state index >= 15 is 0 Å². The molecule has 6 aromatic rings. The van der Waals surface area contributed by atoms with Crippen molar-refractivity contribution in [3.8, 4) is 11.1 Å². The SMILES string of the molecule is CC.CC.CC1(C)c2cc3cc4ccccc4cc3cc2-c2c3ccccc3cc3cccc1c23. The van der Waals surface area contributed by atoms with Crippen molar-refractivity contribution in [2.24, 2.45) is 0 Å². The Bertz CT molecular complexity index is 1700. The molecule has 0 atom stereocenters. The van der Waals surface area contributed by atoms with Crippen LogP contribution >= 0.6 is 0 Å². The quantitative estimate of drug-likeness (QED) is 0.200. The van der Waals surface area contributed by atoms with Gasteiger partial charge in [0.05, 0.1) is 0 Å². The van der Waals surface area contributed by atoms with Crippen LogP contribution in [0.5, 0.6) is 0 Å². The molecule has 0 fully saturated rings. The van der Waals surface area contributed by atoms with E-state index in [9.17, 15) is 0 Å². The Kier molecular flexibility index (Phi) is 5.85. The predicted molar refractivity (Wildman–Crippen MR) is 157 cm³/mol. The molecule has 1 aliphatic rings. The van der Waals surface area contributed by atoms with Crippen LogP contribution < -0.4 is 0 Å². The fraction of sp³-hybridized carbons (Fsp3) is 0.200. The van der Waals surface area contributed by atoms with Gasteiger partial charge in [-0.1, -0.05) is 108 Å². The van der Waals surface area contributed by atoms with E-state index in [0.717, 1.165) is 0 Å². The zero-order valence-electron chi connectivity index (χ0n) is 21.7. The van der Waals surface area contributed by atoms with E-state index in [1.165, 1.54) is 65.3 Å². The van der Waals surface area contributed by atoms with Crippen LogP contribution in [0.1, 0.15) is 52.7 Å². The van der Waals surface area contributed by atoms with Crippen molar-refractivity contribution >= 4 is 43.1 Å². The molecule has 0 radical (unpaired) electrons. The third-order valence-electron chi connectivity index (χ3n) is 7.35. The van der Waals surface area contributed by atoms with Gasteiger partial charge in [0.1, 0.15) is 0 Å². The molecule has 0 aliphatic heterocycles. The Balaban J connectivity index is 0.000000605. The lowest BCUT2D eigenvalue weighted by Gasteiger charge is -2.36. The van der Waals surface area contributed by atoms with Gasteiger partial charge in [-0.15, -0.1) is 0 Å². The topological polar surface area (TPSA) is 0 Å². The minimum atomic E-state index is -0.0515. The molecule has 6 aromatic carbocycles. The van der Waals surface area contributed by atoms with Crippen LogP contribution in [-0.4, -0.2) is 0 Å². The molecule has 0 saturated heterocycles. The smallest absolute Gasteiger partial charge is 0.0159 e. The van der Waals surface area contributed by atoms with Gasteiger partial charge >= 0.3 is 0 Å². The Morgan fingerprint density at radius 1 is 0.457 bits per heavy atom. The second-order valence-corrected chi connectivity index (χ2v) is 9.45. The van der Waals surface area contributed by atoms with E-state index in [1.54, 1.807) is 0 Å². The van der Waals surface area contributed by atoms with Gasteiger partial charge in [0.15, 0.2) is 0 Å². The molecule has 0 spiro atoms. The zero-order chi connectivity index (χ0) is 24.7. The molecule has 174 valence electrons. The monoisotopic (exact) mass is 454 g/mol. The molecule has 0 nitrogen and oxygen atoms in total. The van der Waals surface area contributed by atoms with Crippen molar-refractivity contribution in [3.63, 3.8) is 0 Å². The number of fused-ring (bicyclic) bond motifs is 6. The van der Waals surface area contributed by atoms with Crippen molar-refractivity contribution in [1.29, 1.82) is 0 Å². The summed E-state index contributed by atoms with van der Waals surface area (Å²) >= 11 is 0. The van der Waals surface area contributed by atoms with Gasteiger partial charge < -0.3 is 0 Å². The van der Waals surface area contributed by atoms with Crippen molar-refractivity contribution < 1.29 is 0 Å². The maximum Gasteiger partial charge on any atom is 0.0159 e. The summed E-state index contributed by atoms with van der Waals surface area (Å²) < 4.78 is 0. The van der Waals surface area contributed by atoms with Gasteiger partial charge in [0, 0.05) is 5.41 Å². The Hall–Kier alpha value is -3.64. The minimum absolute atomic E-state index is 0.0515. The minimum Gasteiger partial charge on any atom is -0.0683 e. The van der Waals surface area contributed by atoms with E-state index in [4.69, 9.17) is 0 Å². The molecule has 1 aliphatic carbocycles. The lowest BCUT2D eigenvalue weighted by atomic mass is 9.67. The normalized spacial score (nSPS) is 13.1. The molecule has 0 bridgehead atoms. The van der Waals surface area contributed by atoms with Crippen molar-refractivity contribution in [2.45, 2.75) is 47.0 Å². The van der Waals surface area contributed by atoms with Crippen LogP contribution in [0, 0.1) is 0 Å². The molecule has 0 aromatic heterocycles. The average molecular weight is 455 g/mol. The summed E-state index contributed by atoms with van der Waals surface area (Å²) in [6.07, 6.45) is 0. The van der Waals surface area contributed by atoms with Crippen LogP contribution in [0.15, 0.2) is 97.1 Å². The van der Waals surface area contributed by atoms with Crippen LogP contribution in [0.3, 0.4) is 0 Å². The first-order valence-corrected chi connectivity index (χ1v) is 13.0.